The van der Waals surface area contributed by atoms with Gasteiger partial charge in [0.05, 0.1) is 6.61 Å². The van der Waals surface area contributed by atoms with Crippen LogP contribution in [0, 0.1) is 19.8 Å². The van der Waals surface area contributed by atoms with Crippen LogP contribution in [0.4, 0.5) is 0 Å². The first-order chi connectivity index (χ1) is 11.0. The summed E-state index contributed by atoms with van der Waals surface area (Å²) in [4.78, 5) is 0. The van der Waals surface area contributed by atoms with Gasteiger partial charge in [-0.15, -0.1) is 0 Å². The van der Waals surface area contributed by atoms with E-state index in [4.69, 9.17) is 10.5 Å². The SMILES string of the molecule is Cc1ccc(C(CN)Cc2cccc(OCC(C)C)c2)c(C)c1. The molecule has 0 radical (unpaired) electrons. The van der Waals surface area contributed by atoms with Gasteiger partial charge >= 0.3 is 0 Å². The average molecular weight is 311 g/mol. The minimum atomic E-state index is 0.343. The van der Waals surface area contributed by atoms with Crippen LogP contribution in [0.5, 0.6) is 5.75 Å². The van der Waals surface area contributed by atoms with Gasteiger partial charge in [0, 0.05) is 5.92 Å². The zero-order valence-electron chi connectivity index (χ0n) is 14.8. The van der Waals surface area contributed by atoms with Crippen LogP contribution in [-0.2, 0) is 6.42 Å². The molecule has 2 aromatic rings. The van der Waals surface area contributed by atoms with Crippen molar-refractivity contribution < 1.29 is 4.74 Å². The third-order valence-electron chi connectivity index (χ3n) is 4.11. The minimum absolute atomic E-state index is 0.343. The summed E-state index contributed by atoms with van der Waals surface area (Å²) in [5, 5.41) is 0. The van der Waals surface area contributed by atoms with Crippen LogP contribution in [0.2, 0.25) is 0 Å². The number of rotatable bonds is 7. The third kappa shape index (κ3) is 5.11. The van der Waals surface area contributed by atoms with Gasteiger partial charge in [0.2, 0.25) is 0 Å². The Bertz CT molecular complexity index is 633. The smallest absolute Gasteiger partial charge is 0.119 e. The molecule has 0 aromatic heterocycles. The number of ether oxygens (including phenoxy) is 1. The maximum absolute atomic E-state index is 6.06. The Morgan fingerprint density at radius 2 is 1.83 bits per heavy atom. The lowest BCUT2D eigenvalue weighted by atomic mass is 9.88. The van der Waals surface area contributed by atoms with Gasteiger partial charge in [-0.25, -0.2) is 0 Å². The second-order valence-corrected chi connectivity index (χ2v) is 6.85. The third-order valence-corrected chi connectivity index (χ3v) is 4.11. The Balaban J connectivity index is 2.13. The predicted molar refractivity (Wildman–Crippen MR) is 98.2 cm³/mol. The normalized spacial score (nSPS) is 12.4. The highest BCUT2D eigenvalue weighted by Crippen LogP contribution is 2.25. The number of hydrogen-bond donors (Lipinski definition) is 1. The second kappa shape index (κ2) is 8.16. The second-order valence-electron chi connectivity index (χ2n) is 6.85. The molecule has 1 atom stereocenters. The average Bonchev–Trinajstić information content (AvgIpc) is 2.51. The molecule has 0 fully saturated rings. The van der Waals surface area contributed by atoms with Crippen molar-refractivity contribution in [3.8, 4) is 5.75 Å². The van der Waals surface area contributed by atoms with Crippen molar-refractivity contribution >= 4 is 0 Å². The molecular weight excluding hydrogens is 282 g/mol. The van der Waals surface area contributed by atoms with Crippen LogP contribution in [0.3, 0.4) is 0 Å². The fourth-order valence-electron chi connectivity index (χ4n) is 2.91. The van der Waals surface area contributed by atoms with E-state index >= 15 is 0 Å². The fourth-order valence-corrected chi connectivity index (χ4v) is 2.91. The molecule has 2 aromatic carbocycles. The molecule has 0 aliphatic heterocycles. The van der Waals surface area contributed by atoms with Gasteiger partial charge < -0.3 is 10.5 Å². The quantitative estimate of drug-likeness (QED) is 0.809. The molecule has 0 heterocycles. The van der Waals surface area contributed by atoms with Gasteiger partial charge in [0.25, 0.3) is 0 Å². The fraction of sp³-hybridized carbons (Fsp3) is 0.429. The first-order valence-electron chi connectivity index (χ1n) is 8.48. The molecule has 0 aliphatic rings. The van der Waals surface area contributed by atoms with E-state index in [1.807, 2.05) is 6.07 Å². The molecule has 0 spiro atoms. The highest BCUT2D eigenvalue weighted by Gasteiger charge is 2.13. The van der Waals surface area contributed by atoms with Crippen LogP contribution < -0.4 is 10.5 Å². The standard InChI is InChI=1S/C21H29NO/c1-15(2)14-23-20-7-5-6-18(12-20)11-19(13-22)21-9-8-16(3)10-17(21)4/h5-10,12,15,19H,11,13-14,22H2,1-4H3. The Hall–Kier alpha value is -1.80. The first kappa shape index (κ1) is 17.6. The van der Waals surface area contributed by atoms with Crippen LogP contribution in [0.15, 0.2) is 42.5 Å². The predicted octanol–water partition coefficient (Wildman–Crippen LogP) is 4.62. The van der Waals surface area contributed by atoms with E-state index in [0.29, 0.717) is 18.4 Å². The molecule has 0 bridgehead atoms. The molecule has 2 heteroatoms. The number of aryl methyl sites for hydroxylation is 2. The molecular formula is C21H29NO. The van der Waals surface area contributed by atoms with Crippen LogP contribution in [0.25, 0.3) is 0 Å². The van der Waals surface area contributed by atoms with Gasteiger partial charge in [-0.2, -0.15) is 0 Å². The summed E-state index contributed by atoms with van der Waals surface area (Å²) in [5.74, 6) is 1.83. The number of nitrogens with two attached hydrogens (primary N) is 1. The lowest BCUT2D eigenvalue weighted by molar-refractivity contribution is 0.271. The highest BCUT2D eigenvalue weighted by atomic mass is 16.5. The Morgan fingerprint density at radius 1 is 1.04 bits per heavy atom. The minimum Gasteiger partial charge on any atom is -0.493 e. The van der Waals surface area contributed by atoms with E-state index in [0.717, 1.165) is 18.8 Å². The van der Waals surface area contributed by atoms with Crippen molar-refractivity contribution in [1.82, 2.24) is 0 Å². The largest absolute Gasteiger partial charge is 0.493 e. The van der Waals surface area contributed by atoms with Crippen molar-refractivity contribution in [1.29, 1.82) is 0 Å². The van der Waals surface area contributed by atoms with E-state index in [1.165, 1.54) is 22.3 Å². The Labute approximate surface area is 140 Å². The monoisotopic (exact) mass is 311 g/mol. The summed E-state index contributed by atoms with van der Waals surface area (Å²) in [6.45, 7) is 10.0. The van der Waals surface area contributed by atoms with Crippen LogP contribution in [0.1, 0.15) is 42.0 Å². The molecule has 2 rings (SSSR count). The van der Waals surface area contributed by atoms with E-state index in [2.05, 4.69) is 64.1 Å². The van der Waals surface area contributed by atoms with E-state index < -0.39 is 0 Å². The highest BCUT2D eigenvalue weighted by molar-refractivity contribution is 5.36. The first-order valence-corrected chi connectivity index (χ1v) is 8.48. The summed E-state index contributed by atoms with van der Waals surface area (Å²) in [7, 11) is 0. The van der Waals surface area contributed by atoms with E-state index in [9.17, 15) is 0 Å². The van der Waals surface area contributed by atoms with Crippen LogP contribution in [-0.4, -0.2) is 13.2 Å². The summed E-state index contributed by atoms with van der Waals surface area (Å²) in [6.07, 6.45) is 0.944. The lowest BCUT2D eigenvalue weighted by Gasteiger charge is -2.19. The summed E-state index contributed by atoms with van der Waals surface area (Å²) < 4.78 is 5.84. The Kier molecular flexibility index (Phi) is 6.23. The summed E-state index contributed by atoms with van der Waals surface area (Å²) >= 11 is 0. The van der Waals surface area contributed by atoms with Gasteiger partial charge in [-0.05, 0) is 61.6 Å². The molecule has 0 amide bonds. The van der Waals surface area contributed by atoms with Gasteiger partial charge in [0.15, 0.2) is 0 Å². The van der Waals surface area contributed by atoms with Gasteiger partial charge in [-0.3, -0.25) is 0 Å². The lowest BCUT2D eigenvalue weighted by Crippen LogP contribution is -2.16. The van der Waals surface area contributed by atoms with Crippen molar-refractivity contribution in [3.63, 3.8) is 0 Å². The zero-order chi connectivity index (χ0) is 16.8. The van der Waals surface area contributed by atoms with Crippen LogP contribution >= 0.6 is 0 Å². The molecule has 23 heavy (non-hydrogen) atoms. The van der Waals surface area contributed by atoms with Gasteiger partial charge in [-0.1, -0.05) is 49.7 Å². The topological polar surface area (TPSA) is 35.2 Å². The van der Waals surface area contributed by atoms with Crippen molar-refractivity contribution in [2.45, 2.75) is 40.0 Å². The summed E-state index contributed by atoms with van der Waals surface area (Å²) in [5.41, 5.74) is 11.3. The molecule has 124 valence electrons. The Morgan fingerprint density at radius 3 is 2.48 bits per heavy atom. The molecule has 0 saturated carbocycles. The molecule has 0 aliphatic carbocycles. The maximum atomic E-state index is 6.06. The zero-order valence-corrected chi connectivity index (χ0v) is 14.8. The molecule has 1 unspecified atom stereocenters. The number of benzene rings is 2. The van der Waals surface area contributed by atoms with Crippen molar-refractivity contribution in [2.24, 2.45) is 11.7 Å². The van der Waals surface area contributed by atoms with E-state index in [1.54, 1.807) is 0 Å². The number of hydrogen-bond acceptors (Lipinski definition) is 2. The maximum Gasteiger partial charge on any atom is 0.119 e. The van der Waals surface area contributed by atoms with E-state index in [-0.39, 0.29) is 0 Å². The van der Waals surface area contributed by atoms with Gasteiger partial charge in [0.1, 0.15) is 5.75 Å². The summed E-state index contributed by atoms with van der Waals surface area (Å²) in [6, 6.07) is 15.0. The van der Waals surface area contributed by atoms with Crippen molar-refractivity contribution in [2.75, 3.05) is 13.2 Å². The molecule has 2 N–H and O–H groups in total. The molecule has 2 nitrogen and oxygen atoms in total. The molecule has 0 saturated heterocycles. The van der Waals surface area contributed by atoms with Crippen molar-refractivity contribution in [3.05, 3.63) is 64.7 Å².